The summed E-state index contributed by atoms with van der Waals surface area (Å²) >= 11 is 3.68. The summed E-state index contributed by atoms with van der Waals surface area (Å²) < 4.78 is 0. The van der Waals surface area contributed by atoms with Gasteiger partial charge < -0.3 is 10.4 Å². The van der Waals surface area contributed by atoms with Crippen molar-refractivity contribution in [3.63, 3.8) is 0 Å². The molecule has 122 valence electrons. The second-order valence-corrected chi connectivity index (χ2v) is 8.29. The van der Waals surface area contributed by atoms with E-state index in [0.29, 0.717) is 16.8 Å². The van der Waals surface area contributed by atoms with Crippen LogP contribution in [0.4, 0.5) is 0 Å². The van der Waals surface area contributed by atoms with Crippen molar-refractivity contribution in [3.05, 3.63) is 0 Å². The summed E-state index contributed by atoms with van der Waals surface area (Å²) in [5, 5.41) is 13.5. The van der Waals surface area contributed by atoms with Crippen LogP contribution in [-0.4, -0.2) is 28.5 Å². The van der Waals surface area contributed by atoms with E-state index in [-0.39, 0.29) is 0 Å². The fourth-order valence-electron chi connectivity index (χ4n) is 4.22. The van der Waals surface area contributed by atoms with Gasteiger partial charge in [0.1, 0.15) is 0 Å². The largest absolute Gasteiger partial charge is 0.481 e. The monoisotopic (exact) mass is 359 g/mol. The fourth-order valence-corrected chi connectivity index (χ4v) is 4.75. The molecular weight excluding hydrogens is 330 g/mol. The number of halogens is 1. The fraction of sp³-hybridized carbons (Fsp3) is 0.941. The van der Waals surface area contributed by atoms with E-state index >= 15 is 0 Å². The summed E-state index contributed by atoms with van der Waals surface area (Å²) in [5.41, 5.74) is -0.434. The Morgan fingerprint density at radius 3 is 2.33 bits per heavy atom. The molecule has 0 aromatic carbocycles. The van der Waals surface area contributed by atoms with Gasteiger partial charge in [-0.3, -0.25) is 4.79 Å². The molecular formula is C17H30BrNO2. The molecule has 0 spiro atoms. The molecule has 0 aromatic rings. The first-order valence-corrected chi connectivity index (χ1v) is 9.61. The van der Waals surface area contributed by atoms with Gasteiger partial charge in [0, 0.05) is 10.9 Å². The van der Waals surface area contributed by atoms with Crippen molar-refractivity contribution in [3.8, 4) is 0 Å². The molecule has 4 heteroatoms. The molecule has 2 N–H and O–H groups in total. The molecule has 0 atom stereocenters. The van der Waals surface area contributed by atoms with E-state index in [9.17, 15) is 9.90 Å². The molecule has 2 saturated carbocycles. The quantitative estimate of drug-likeness (QED) is 0.547. The zero-order chi connectivity index (χ0) is 15.3. The molecule has 2 fully saturated rings. The molecule has 2 aliphatic rings. The van der Waals surface area contributed by atoms with Gasteiger partial charge in [0.25, 0.3) is 0 Å². The molecule has 0 bridgehead atoms. The Balaban J connectivity index is 1.91. The summed E-state index contributed by atoms with van der Waals surface area (Å²) in [7, 11) is 0. The Hall–Kier alpha value is -0.0900. The number of nitrogens with one attached hydrogen (secondary N) is 1. The molecule has 0 aliphatic heterocycles. The van der Waals surface area contributed by atoms with Gasteiger partial charge >= 0.3 is 5.97 Å². The van der Waals surface area contributed by atoms with Crippen LogP contribution in [0, 0.1) is 11.3 Å². The van der Waals surface area contributed by atoms with Gasteiger partial charge in [-0.2, -0.15) is 0 Å². The summed E-state index contributed by atoms with van der Waals surface area (Å²) in [6, 6.07) is 0.538. The van der Waals surface area contributed by atoms with Crippen LogP contribution in [0.5, 0.6) is 0 Å². The maximum absolute atomic E-state index is 12.0. The summed E-state index contributed by atoms with van der Waals surface area (Å²) in [6.45, 7) is 3.29. The van der Waals surface area contributed by atoms with E-state index in [4.69, 9.17) is 0 Å². The van der Waals surface area contributed by atoms with Crippen LogP contribution < -0.4 is 5.32 Å². The molecule has 0 radical (unpaired) electrons. The smallest absolute Gasteiger partial charge is 0.309 e. The number of aliphatic carboxylic acids is 1. The van der Waals surface area contributed by atoms with Crippen LogP contribution in [0.1, 0.15) is 71.1 Å². The van der Waals surface area contributed by atoms with Gasteiger partial charge in [0.05, 0.1) is 5.41 Å². The predicted molar refractivity (Wildman–Crippen MR) is 89.9 cm³/mol. The highest BCUT2D eigenvalue weighted by molar-refractivity contribution is 9.09. The molecule has 0 unspecified atom stereocenters. The van der Waals surface area contributed by atoms with Crippen LogP contribution in [0.3, 0.4) is 0 Å². The molecule has 0 aromatic heterocycles. The van der Waals surface area contributed by atoms with Gasteiger partial charge in [-0.05, 0) is 70.3 Å². The first kappa shape index (κ1) is 17.3. The number of hydrogen-bond acceptors (Lipinski definition) is 2. The number of carboxylic acid groups (broad SMARTS) is 1. The Bertz CT molecular complexity index is 332. The third kappa shape index (κ3) is 4.22. The minimum absolute atomic E-state index is 0.389. The Morgan fingerprint density at radius 1 is 1.19 bits per heavy atom. The Labute approximate surface area is 137 Å². The molecule has 21 heavy (non-hydrogen) atoms. The van der Waals surface area contributed by atoms with E-state index in [0.717, 1.165) is 57.9 Å². The number of rotatable bonds is 6. The number of hydrogen-bond donors (Lipinski definition) is 2. The molecule has 0 amide bonds. The van der Waals surface area contributed by atoms with E-state index in [1.165, 1.54) is 12.8 Å². The Kier molecular flexibility index (Phi) is 6.54. The van der Waals surface area contributed by atoms with E-state index in [1.807, 2.05) is 0 Å². The Morgan fingerprint density at radius 2 is 1.81 bits per heavy atom. The van der Waals surface area contributed by atoms with Crippen molar-refractivity contribution in [1.82, 2.24) is 5.32 Å². The van der Waals surface area contributed by atoms with E-state index in [1.54, 1.807) is 0 Å². The molecule has 2 rings (SSSR count). The normalized spacial score (nSPS) is 37.3. The molecule has 0 saturated heterocycles. The van der Waals surface area contributed by atoms with Crippen molar-refractivity contribution >= 4 is 21.9 Å². The van der Waals surface area contributed by atoms with Crippen molar-refractivity contribution in [2.45, 2.75) is 82.0 Å². The first-order valence-electron chi connectivity index (χ1n) is 8.69. The van der Waals surface area contributed by atoms with Crippen LogP contribution in [-0.2, 0) is 4.79 Å². The van der Waals surface area contributed by atoms with Crippen molar-refractivity contribution in [1.29, 1.82) is 0 Å². The maximum Gasteiger partial charge on any atom is 0.309 e. The predicted octanol–water partition coefficient (Wildman–Crippen LogP) is 4.34. The zero-order valence-corrected chi connectivity index (χ0v) is 14.8. The van der Waals surface area contributed by atoms with E-state index in [2.05, 4.69) is 28.2 Å². The molecule has 2 aliphatic carbocycles. The lowest BCUT2D eigenvalue weighted by Crippen LogP contribution is -2.47. The highest BCUT2D eigenvalue weighted by Gasteiger charge is 2.48. The van der Waals surface area contributed by atoms with Crippen molar-refractivity contribution in [2.24, 2.45) is 11.3 Å². The molecule has 3 nitrogen and oxygen atoms in total. The van der Waals surface area contributed by atoms with Crippen molar-refractivity contribution < 1.29 is 9.90 Å². The molecule has 0 heterocycles. The second-order valence-electron chi connectivity index (χ2n) is 6.99. The number of carbonyl (C=O) groups is 1. The lowest BCUT2D eigenvalue weighted by Gasteiger charge is -2.44. The van der Waals surface area contributed by atoms with Crippen LogP contribution in [0.2, 0.25) is 0 Å². The standard InChI is InChI=1S/C17H30BrNO2/c1-2-3-12-19-15-8-10-17(11-9-15,16(20)21)13-4-6-14(18)7-5-13/h13-15,19H,2-12H2,1H3,(H,20,21). The third-order valence-corrected chi connectivity index (χ3v) is 6.62. The van der Waals surface area contributed by atoms with Gasteiger partial charge in [-0.1, -0.05) is 29.3 Å². The van der Waals surface area contributed by atoms with Crippen LogP contribution in [0.25, 0.3) is 0 Å². The number of alkyl halides is 1. The topological polar surface area (TPSA) is 49.3 Å². The SMILES string of the molecule is CCCCNC1CCC(C(=O)O)(C2CCC(Br)CC2)CC1. The summed E-state index contributed by atoms with van der Waals surface area (Å²) in [6.07, 6.45) is 10.7. The maximum atomic E-state index is 12.0. The van der Waals surface area contributed by atoms with E-state index < -0.39 is 11.4 Å². The van der Waals surface area contributed by atoms with Crippen molar-refractivity contribution in [2.75, 3.05) is 6.54 Å². The number of unbranched alkanes of at least 4 members (excludes halogenated alkanes) is 1. The van der Waals surface area contributed by atoms with Gasteiger partial charge in [-0.15, -0.1) is 0 Å². The number of carboxylic acids is 1. The third-order valence-electron chi connectivity index (χ3n) is 5.71. The highest BCUT2D eigenvalue weighted by atomic mass is 79.9. The van der Waals surface area contributed by atoms with Crippen LogP contribution in [0.15, 0.2) is 0 Å². The average Bonchev–Trinajstić information content (AvgIpc) is 2.49. The lowest BCUT2D eigenvalue weighted by molar-refractivity contribution is -0.157. The summed E-state index contributed by atoms with van der Waals surface area (Å²) in [5.74, 6) is -0.145. The highest BCUT2D eigenvalue weighted by Crippen LogP contribution is 2.49. The lowest BCUT2D eigenvalue weighted by atomic mass is 9.61. The summed E-state index contributed by atoms with van der Waals surface area (Å²) in [4.78, 5) is 12.6. The first-order chi connectivity index (χ1) is 10.1. The zero-order valence-electron chi connectivity index (χ0n) is 13.2. The van der Waals surface area contributed by atoms with Gasteiger partial charge in [-0.25, -0.2) is 0 Å². The van der Waals surface area contributed by atoms with Crippen LogP contribution >= 0.6 is 15.9 Å². The minimum atomic E-state index is -0.535. The minimum Gasteiger partial charge on any atom is -0.481 e. The second kappa shape index (κ2) is 7.96. The van der Waals surface area contributed by atoms with Gasteiger partial charge in [0.15, 0.2) is 0 Å². The average molecular weight is 360 g/mol. The van der Waals surface area contributed by atoms with Gasteiger partial charge in [0.2, 0.25) is 0 Å².